The Labute approximate surface area is 118 Å². The molecule has 0 spiro atoms. The molecule has 1 saturated heterocycles. The van der Waals surface area contributed by atoms with E-state index >= 15 is 0 Å². The lowest BCUT2D eigenvalue weighted by molar-refractivity contribution is 0.416. The Balaban J connectivity index is 1.89. The molecule has 7 heteroatoms. The van der Waals surface area contributed by atoms with Gasteiger partial charge in [-0.15, -0.1) is 11.8 Å². The van der Waals surface area contributed by atoms with Gasteiger partial charge in [0.15, 0.2) is 5.82 Å². The van der Waals surface area contributed by atoms with Crippen molar-refractivity contribution in [3.8, 4) is 23.0 Å². The molecule has 0 radical (unpaired) electrons. The summed E-state index contributed by atoms with van der Waals surface area (Å²) in [7, 11) is 0. The molecule has 3 rings (SSSR count). The molecule has 19 heavy (non-hydrogen) atoms. The third-order valence-electron chi connectivity index (χ3n) is 2.76. The van der Waals surface area contributed by atoms with E-state index in [0.29, 0.717) is 11.4 Å². The van der Waals surface area contributed by atoms with Crippen LogP contribution in [0.4, 0.5) is 0 Å². The van der Waals surface area contributed by atoms with E-state index in [4.69, 9.17) is 4.52 Å². The molecule has 0 amide bonds. The molecule has 2 aromatic rings. The fourth-order valence-corrected chi connectivity index (χ4v) is 4.40. The quantitative estimate of drug-likeness (QED) is 0.825. The van der Waals surface area contributed by atoms with Gasteiger partial charge in [0.1, 0.15) is 11.5 Å². The molecule has 1 atom stereocenters. The highest BCUT2D eigenvalue weighted by Crippen LogP contribution is 2.37. The maximum absolute atomic E-state index is 9.76. The number of aromatic hydroxyl groups is 2. The van der Waals surface area contributed by atoms with Gasteiger partial charge in [0.2, 0.25) is 0 Å². The first kappa shape index (κ1) is 12.7. The SMILES string of the molecule is Oc1ccc(O)c(-c2nc(C3CSCCS3)no2)c1. The monoisotopic (exact) mass is 296 g/mol. The van der Waals surface area contributed by atoms with Crippen LogP contribution in [-0.2, 0) is 0 Å². The van der Waals surface area contributed by atoms with E-state index < -0.39 is 0 Å². The van der Waals surface area contributed by atoms with Crippen LogP contribution in [0.3, 0.4) is 0 Å². The number of aromatic nitrogens is 2. The van der Waals surface area contributed by atoms with Crippen LogP contribution < -0.4 is 0 Å². The normalized spacial score (nSPS) is 19.5. The van der Waals surface area contributed by atoms with Crippen molar-refractivity contribution < 1.29 is 14.7 Å². The maximum atomic E-state index is 9.76. The number of hydrogen-bond donors (Lipinski definition) is 2. The average molecular weight is 296 g/mol. The molecule has 1 aromatic carbocycles. The van der Waals surface area contributed by atoms with Gasteiger partial charge in [0, 0.05) is 17.3 Å². The Morgan fingerprint density at radius 1 is 1.26 bits per heavy atom. The zero-order chi connectivity index (χ0) is 13.2. The number of phenolic OH excluding ortho intramolecular Hbond substituents is 2. The van der Waals surface area contributed by atoms with Crippen LogP contribution >= 0.6 is 23.5 Å². The molecule has 1 aliphatic heterocycles. The van der Waals surface area contributed by atoms with Gasteiger partial charge in [-0.25, -0.2) is 0 Å². The summed E-state index contributed by atoms with van der Waals surface area (Å²) in [6, 6.07) is 4.22. The van der Waals surface area contributed by atoms with E-state index in [0.717, 1.165) is 17.3 Å². The largest absolute Gasteiger partial charge is 0.508 e. The summed E-state index contributed by atoms with van der Waals surface area (Å²) in [4.78, 5) is 4.32. The number of rotatable bonds is 2. The molecule has 1 unspecified atom stereocenters. The smallest absolute Gasteiger partial charge is 0.261 e. The van der Waals surface area contributed by atoms with Gasteiger partial charge in [0.05, 0.1) is 10.8 Å². The molecule has 0 bridgehead atoms. The van der Waals surface area contributed by atoms with Gasteiger partial charge < -0.3 is 14.7 Å². The van der Waals surface area contributed by atoms with Gasteiger partial charge in [0.25, 0.3) is 5.89 Å². The van der Waals surface area contributed by atoms with Crippen LogP contribution in [0.1, 0.15) is 11.1 Å². The minimum atomic E-state index is 0.0127. The van der Waals surface area contributed by atoms with Crippen molar-refractivity contribution in [2.75, 3.05) is 17.3 Å². The number of benzene rings is 1. The predicted octanol–water partition coefficient (Wildman–Crippen LogP) is 2.67. The molecule has 0 aliphatic carbocycles. The molecule has 1 aliphatic rings. The van der Waals surface area contributed by atoms with E-state index in [1.807, 2.05) is 23.5 Å². The highest BCUT2D eigenvalue weighted by Gasteiger charge is 2.23. The summed E-state index contributed by atoms with van der Waals surface area (Å²) >= 11 is 3.69. The molecule has 2 heterocycles. The Bertz CT molecular complexity index is 582. The van der Waals surface area contributed by atoms with E-state index in [2.05, 4.69) is 10.1 Å². The van der Waals surface area contributed by atoms with Gasteiger partial charge in [-0.05, 0) is 18.2 Å². The third-order valence-corrected chi connectivity index (χ3v) is 5.51. The summed E-state index contributed by atoms with van der Waals surface area (Å²) < 4.78 is 5.18. The lowest BCUT2D eigenvalue weighted by atomic mass is 10.2. The minimum Gasteiger partial charge on any atom is -0.508 e. The fourth-order valence-electron chi connectivity index (χ4n) is 1.81. The van der Waals surface area contributed by atoms with Gasteiger partial charge in [-0.1, -0.05) is 5.16 Å². The van der Waals surface area contributed by atoms with E-state index in [-0.39, 0.29) is 22.6 Å². The van der Waals surface area contributed by atoms with Gasteiger partial charge in [-0.3, -0.25) is 0 Å². The second kappa shape index (κ2) is 5.34. The van der Waals surface area contributed by atoms with Crippen molar-refractivity contribution in [3.63, 3.8) is 0 Å². The third kappa shape index (κ3) is 2.66. The van der Waals surface area contributed by atoms with E-state index in [1.165, 1.54) is 18.2 Å². The second-order valence-corrected chi connectivity index (χ2v) is 6.55. The molecular formula is C12H12N2O3S2. The molecular weight excluding hydrogens is 284 g/mol. The van der Waals surface area contributed by atoms with Crippen LogP contribution in [-0.4, -0.2) is 37.6 Å². The molecule has 5 nitrogen and oxygen atoms in total. The lowest BCUT2D eigenvalue weighted by Crippen LogP contribution is -2.07. The van der Waals surface area contributed by atoms with Gasteiger partial charge in [-0.2, -0.15) is 16.7 Å². The van der Waals surface area contributed by atoms with Crippen LogP contribution in [0.25, 0.3) is 11.5 Å². The maximum Gasteiger partial charge on any atom is 0.261 e. The van der Waals surface area contributed by atoms with Crippen molar-refractivity contribution in [2.24, 2.45) is 0 Å². The molecule has 1 fully saturated rings. The Morgan fingerprint density at radius 2 is 2.16 bits per heavy atom. The predicted molar refractivity (Wildman–Crippen MR) is 75.6 cm³/mol. The second-order valence-electron chi connectivity index (χ2n) is 4.09. The zero-order valence-electron chi connectivity index (χ0n) is 9.94. The van der Waals surface area contributed by atoms with Crippen molar-refractivity contribution in [3.05, 3.63) is 24.0 Å². The van der Waals surface area contributed by atoms with Crippen molar-refractivity contribution in [1.82, 2.24) is 10.1 Å². The number of phenols is 2. The Hall–Kier alpha value is -1.34. The molecule has 2 N–H and O–H groups in total. The standard InChI is InChI=1S/C12H12N2O3S2/c15-7-1-2-9(16)8(5-7)12-13-11(14-17-12)10-6-18-3-4-19-10/h1-2,5,10,15-16H,3-4,6H2. The molecule has 100 valence electrons. The van der Waals surface area contributed by atoms with Crippen molar-refractivity contribution in [1.29, 1.82) is 0 Å². The van der Waals surface area contributed by atoms with Crippen LogP contribution in [0.2, 0.25) is 0 Å². The Morgan fingerprint density at radius 3 is 2.95 bits per heavy atom. The van der Waals surface area contributed by atoms with E-state index in [1.54, 1.807) is 0 Å². The van der Waals surface area contributed by atoms with Crippen LogP contribution in [0, 0.1) is 0 Å². The first-order valence-corrected chi connectivity index (χ1v) is 7.99. The van der Waals surface area contributed by atoms with Crippen molar-refractivity contribution in [2.45, 2.75) is 5.25 Å². The minimum absolute atomic E-state index is 0.0127. The Kier molecular flexibility index (Phi) is 3.56. The lowest BCUT2D eigenvalue weighted by Gasteiger charge is -2.16. The number of nitrogens with zero attached hydrogens (tertiary/aromatic N) is 2. The summed E-state index contributed by atoms with van der Waals surface area (Å²) in [6.07, 6.45) is 0. The van der Waals surface area contributed by atoms with Crippen LogP contribution in [0.5, 0.6) is 11.5 Å². The topological polar surface area (TPSA) is 79.4 Å². The van der Waals surface area contributed by atoms with Gasteiger partial charge >= 0.3 is 0 Å². The molecule has 1 aromatic heterocycles. The summed E-state index contributed by atoms with van der Waals surface area (Å²) in [6.45, 7) is 0. The highest BCUT2D eigenvalue weighted by atomic mass is 32.2. The highest BCUT2D eigenvalue weighted by molar-refractivity contribution is 8.06. The summed E-state index contributed by atoms with van der Waals surface area (Å²) in [5.41, 5.74) is 0.354. The average Bonchev–Trinajstić information content (AvgIpc) is 2.92. The summed E-state index contributed by atoms with van der Waals surface area (Å²) in [5, 5.41) is 23.4. The first-order valence-electron chi connectivity index (χ1n) is 5.79. The number of thioether (sulfide) groups is 2. The fraction of sp³-hybridized carbons (Fsp3) is 0.333. The summed E-state index contributed by atoms with van der Waals surface area (Å²) in [5.74, 6) is 4.15. The van der Waals surface area contributed by atoms with Crippen LogP contribution in [0.15, 0.2) is 22.7 Å². The molecule has 0 saturated carbocycles. The van der Waals surface area contributed by atoms with E-state index in [9.17, 15) is 10.2 Å². The first-order chi connectivity index (χ1) is 9.24. The zero-order valence-corrected chi connectivity index (χ0v) is 11.6. The number of hydrogen-bond acceptors (Lipinski definition) is 7. The van der Waals surface area contributed by atoms with Crippen molar-refractivity contribution >= 4 is 23.5 Å².